The van der Waals surface area contributed by atoms with Crippen LogP contribution in [0.4, 0.5) is 0 Å². The van der Waals surface area contributed by atoms with Crippen LogP contribution in [0.25, 0.3) is 0 Å². The number of primary amides is 1. The zero-order valence-corrected chi connectivity index (χ0v) is 12.6. The van der Waals surface area contributed by atoms with Gasteiger partial charge in [0.15, 0.2) is 0 Å². The molecule has 0 aromatic heterocycles. The van der Waals surface area contributed by atoms with Crippen LogP contribution < -0.4 is 15.8 Å². The molecule has 0 saturated heterocycles. The number of nitrogens with one attached hydrogen (secondary N) is 1. The van der Waals surface area contributed by atoms with Gasteiger partial charge in [0, 0.05) is 11.1 Å². The van der Waals surface area contributed by atoms with Crippen molar-refractivity contribution < 1.29 is 14.3 Å². The Morgan fingerprint density at radius 3 is 2.48 bits per heavy atom. The van der Waals surface area contributed by atoms with Crippen molar-refractivity contribution in [1.29, 1.82) is 0 Å². The summed E-state index contributed by atoms with van der Waals surface area (Å²) in [6.45, 7) is 1.82. The van der Waals surface area contributed by atoms with E-state index in [1.807, 2.05) is 6.92 Å². The summed E-state index contributed by atoms with van der Waals surface area (Å²) in [6.07, 6.45) is 4.10. The van der Waals surface area contributed by atoms with Crippen molar-refractivity contribution in [3.05, 3.63) is 29.3 Å². The topological polar surface area (TPSA) is 81.4 Å². The van der Waals surface area contributed by atoms with Gasteiger partial charge in [0.25, 0.3) is 5.91 Å². The Balaban J connectivity index is 2.26. The average molecular weight is 290 g/mol. The Bertz CT molecular complexity index is 548. The SMILES string of the molecule is COc1cccc(C(=O)NC2(C(N)=O)CCCCC2)c1C. The predicted molar refractivity (Wildman–Crippen MR) is 80.2 cm³/mol. The summed E-state index contributed by atoms with van der Waals surface area (Å²) >= 11 is 0. The van der Waals surface area contributed by atoms with E-state index in [1.54, 1.807) is 25.3 Å². The second-order valence-electron chi connectivity index (χ2n) is 5.59. The molecule has 0 atom stereocenters. The molecule has 1 saturated carbocycles. The molecule has 0 spiro atoms. The first-order valence-electron chi connectivity index (χ1n) is 7.26. The minimum Gasteiger partial charge on any atom is -0.496 e. The van der Waals surface area contributed by atoms with Crippen LogP contribution in [-0.4, -0.2) is 24.5 Å². The van der Waals surface area contributed by atoms with Crippen LogP contribution in [0.5, 0.6) is 5.75 Å². The van der Waals surface area contributed by atoms with Crippen LogP contribution in [0, 0.1) is 6.92 Å². The maximum atomic E-state index is 12.5. The molecular weight excluding hydrogens is 268 g/mol. The van der Waals surface area contributed by atoms with Gasteiger partial charge in [-0.05, 0) is 31.9 Å². The first-order chi connectivity index (χ1) is 10.00. The quantitative estimate of drug-likeness (QED) is 0.889. The number of carbonyl (C=O) groups excluding carboxylic acids is 2. The summed E-state index contributed by atoms with van der Waals surface area (Å²) in [6, 6.07) is 5.29. The molecule has 1 fully saturated rings. The van der Waals surface area contributed by atoms with Gasteiger partial charge in [0.1, 0.15) is 11.3 Å². The van der Waals surface area contributed by atoms with Gasteiger partial charge >= 0.3 is 0 Å². The van der Waals surface area contributed by atoms with Gasteiger partial charge in [-0.2, -0.15) is 0 Å². The molecule has 1 aliphatic rings. The lowest BCUT2D eigenvalue weighted by Crippen LogP contribution is -2.58. The smallest absolute Gasteiger partial charge is 0.252 e. The highest BCUT2D eigenvalue weighted by Gasteiger charge is 2.39. The zero-order valence-electron chi connectivity index (χ0n) is 12.6. The summed E-state index contributed by atoms with van der Waals surface area (Å²) in [4.78, 5) is 24.4. The Labute approximate surface area is 124 Å². The van der Waals surface area contributed by atoms with Crippen LogP contribution in [0.2, 0.25) is 0 Å². The van der Waals surface area contributed by atoms with Gasteiger partial charge in [0.2, 0.25) is 5.91 Å². The lowest BCUT2D eigenvalue weighted by Gasteiger charge is -2.35. The molecule has 0 heterocycles. The van der Waals surface area contributed by atoms with Crippen molar-refractivity contribution in [3.63, 3.8) is 0 Å². The van der Waals surface area contributed by atoms with Gasteiger partial charge in [-0.3, -0.25) is 9.59 Å². The standard InChI is InChI=1S/C16H22N2O3/c1-11-12(7-6-8-13(11)21-2)14(19)18-16(15(17)20)9-4-3-5-10-16/h6-8H,3-5,9-10H2,1-2H3,(H2,17,20)(H,18,19). The number of ether oxygens (including phenoxy) is 1. The second kappa shape index (κ2) is 6.16. The summed E-state index contributed by atoms with van der Waals surface area (Å²) < 4.78 is 5.23. The molecule has 21 heavy (non-hydrogen) atoms. The molecule has 1 aliphatic carbocycles. The highest BCUT2D eigenvalue weighted by molar-refractivity contribution is 6.00. The van der Waals surface area contributed by atoms with Crippen molar-refractivity contribution in [2.75, 3.05) is 7.11 Å². The largest absolute Gasteiger partial charge is 0.496 e. The Morgan fingerprint density at radius 1 is 1.24 bits per heavy atom. The number of rotatable bonds is 4. The molecule has 5 heteroatoms. The van der Waals surface area contributed by atoms with E-state index in [4.69, 9.17) is 10.5 Å². The Hall–Kier alpha value is -2.04. The normalized spacial score (nSPS) is 17.0. The molecular formula is C16H22N2O3. The first kappa shape index (κ1) is 15.4. The van der Waals surface area contributed by atoms with Crippen molar-refractivity contribution in [2.45, 2.75) is 44.6 Å². The van der Waals surface area contributed by atoms with Crippen LogP contribution >= 0.6 is 0 Å². The van der Waals surface area contributed by atoms with Crippen molar-refractivity contribution >= 4 is 11.8 Å². The summed E-state index contributed by atoms with van der Waals surface area (Å²) in [5.41, 5.74) is 5.90. The van der Waals surface area contributed by atoms with Crippen LogP contribution in [-0.2, 0) is 4.79 Å². The molecule has 1 aromatic carbocycles. The van der Waals surface area contributed by atoms with E-state index in [1.165, 1.54) is 0 Å². The van der Waals surface area contributed by atoms with Gasteiger partial charge < -0.3 is 15.8 Å². The molecule has 0 unspecified atom stereocenters. The van der Waals surface area contributed by atoms with Gasteiger partial charge in [-0.25, -0.2) is 0 Å². The maximum absolute atomic E-state index is 12.5. The molecule has 0 aliphatic heterocycles. The fourth-order valence-electron chi connectivity index (χ4n) is 2.95. The predicted octanol–water partition coefficient (Wildman–Crippen LogP) is 1.92. The number of amides is 2. The fraction of sp³-hybridized carbons (Fsp3) is 0.500. The molecule has 3 N–H and O–H groups in total. The van der Waals surface area contributed by atoms with Crippen LogP contribution in [0.3, 0.4) is 0 Å². The lowest BCUT2D eigenvalue weighted by molar-refractivity contribution is -0.125. The van der Waals surface area contributed by atoms with Crippen LogP contribution in [0.15, 0.2) is 18.2 Å². The third kappa shape index (κ3) is 3.01. The van der Waals surface area contributed by atoms with E-state index >= 15 is 0 Å². The van der Waals surface area contributed by atoms with Crippen molar-refractivity contribution in [1.82, 2.24) is 5.32 Å². The summed E-state index contributed by atoms with van der Waals surface area (Å²) in [5, 5.41) is 2.87. The average Bonchev–Trinajstić information content (AvgIpc) is 2.48. The zero-order chi connectivity index (χ0) is 15.5. The van der Waals surface area contributed by atoms with Gasteiger partial charge in [0.05, 0.1) is 7.11 Å². The second-order valence-corrected chi connectivity index (χ2v) is 5.59. The molecule has 0 radical (unpaired) electrons. The summed E-state index contributed by atoms with van der Waals surface area (Å²) in [5.74, 6) is -0.0670. The monoisotopic (exact) mass is 290 g/mol. The van der Waals surface area contributed by atoms with E-state index in [-0.39, 0.29) is 5.91 Å². The van der Waals surface area contributed by atoms with E-state index in [0.29, 0.717) is 24.2 Å². The molecule has 2 amide bonds. The number of benzene rings is 1. The van der Waals surface area contributed by atoms with Crippen molar-refractivity contribution in [2.24, 2.45) is 5.73 Å². The fourth-order valence-corrected chi connectivity index (χ4v) is 2.95. The van der Waals surface area contributed by atoms with Crippen molar-refractivity contribution in [3.8, 4) is 5.75 Å². The Kier molecular flexibility index (Phi) is 4.50. The third-order valence-corrected chi connectivity index (χ3v) is 4.28. The molecule has 1 aromatic rings. The maximum Gasteiger partial charge on any atom is 0.252 e. The summed E-state index contributed by atoms with van der Waals surface area (Å²) in [7, 11) is 1.57. The third-order valence-electron chi connectivity index (χ3n) is 4.28. The molecule has 2 rings (SSSR count). The van der Waals surface area contributed by atoms with Gasteiger partial charge in [-0.1, -0.05) is 25.3 Å². The van der Waals surface area contributed by atoms with Crippen LogP contribution in [0.1, 0.15) is 48.0 Å². The van der Waals surface area contributed by atoms with E-state index in [2.05, 4.69) is 5.32 Å². The molecule has 114 valence electrons. The number of hydrogen-bond donors (Lipinski definition) is 2. The number of carbonyl (C=O) groups is 2. The van der Waals surface area contributed by atoms with E-state index < -0.39 is 11.4 Å². The number of hydrogen-bond acceptors (Lipinski definition) is 3. The minimum absolute atomic E-state index is 0.271. The van der Waals surface area contributed by atoms with E-state index in [0.717, 1.165) is 24.8 Å². The first-order valence-corrected chi connectivity index (χ1v) is 7.26. The van der Waals surface area contributed by atoms with E-state index in [9.17, 15) is 9.59 Å². The lowest BCUT2D eigenvalue weighted by atomic mass is 9.80. The Morgan fingerprint density at radius 2 is 1.90 bits per heavy atom. The number of nitrogens with two attached hydrogens (primary N) is 1. The highest BCUT2D eigenvalue weighted by atomic mass is 16.5. The molecule has 5 nitrogen and oxygen atoms in total. The number of methoxy groups -OCH3 is 1. The highest BCUT2D eigenvalue weighted by Crippen LogP contribution is 2.29. The minimum atomic E-state index is -0.912. The van der Waals surface area contributed by atoms with Gasteiger partial charge in [-0.15, -0.1) is 0 Å². The molecule has 0 bridgehead atoms.